The summed E-state index contributed by atoms with van der Waals surface area (Å²) in [6.45, 7) is 0. The van der Waals surface area contributed by atoms with Gasteiger partial charge in [0.1, 0.15) is 6.17 Å². The van der Waals surface area contributed by atoms with E-state index in [4.69, 9.17) is 47.0 Å². The van der Waals surface area contributed by atoms with Crippen molar-refractivity contribution in [1.82, 2.24) is 10.6 Å². The first-order chi connectivity index (χ1) is 12.7. The fourth-order valence-corrected chi connectivity index (χ4v) is 2.56. The highest BCUT2D eigenvalue weighted by molar-refractivity contribution is 7.80. The lowest BCUT2D eigenvalue weighted by molar-refractivity contribution is -0.384. The van der Waals surface area contributed by atoms with Gasteiger partial charge in [-0.25, -0.2) is 0 Å². The van der Waals surface area contributed by atoms with Crippen molar-refractivity contribution >= 4 is 69.4 Å². The molecule has 0 saturated heterocycles. The summed E-state index contributed by atoms with van der Waals surface area (Å²) < 4.78 is -1.92. The standard InChI is InChI=1S/C16H13Cl3N4O3S/c17-16(18,19)14(21-13(24)10-5-2-1-3-6-10)22-15(27)20-11-7-4-8-12(9-11)23(25)26/h1-9,14H,(H,21,24)(H2,20,22,27)/t14-/m0/s1. The Morgan fingerprint density at radius 2 is 1.74 bits per heavy atom. The molecular weight excluding hydrogens is 435 g/mol. The Balaban J connectivity index is 2.07. The zero-order valence-corrected chi connectivity index (χ0v) is 16.6. The van der Waals surface area contributed by atoms with Crippen LogP contribution >= 0.6 is 47.0 Å². The topological polar surface area (TPSA) is 96.3 Å². The first-order valence-corrected chi connectivity index (χ1v) is 8.95. The normalized spacial score (nSPS) is 12.0. The maximum Gasteiger partial charge on any atom is 0.271 e. The van der Waals surface area contributed by atoms with Gasteiger partial charge >= 0.3 is 0 Å². The van der Waals surface area contributed by atoms with Gasteiger partial charge < -0.3 is 16.0 Å². The molecule has 11 heteroatoms. The number of hydrogen-bond acceptors (Lipinski definition) is 4. The fourth-order valence-electron chi connectivity index (χ4n) is 2.00. The quantitative estimate of drug-likeness (QED) is 0.211. The summed E-state index contributed by atoms with van der Waals surface area (Å²) in [5.74, 6) is -0.474. The summed E-state index contributed by atoms with van der Waals surface area (Å²) >= 11 is 22.9. The van der Waals surface area contributed by atoms with E-state index in [-0.39, 0.29) is 10.8 Å². The van der Waals surface area contributed by atoms with Crippen LogP contribution in [0, 0.1) is 10.1 Å². The third kappa shape index (κ3) is 6.51. The molecule has 0 radical (unpaired) electrons. The number of thiocarbonyl (C=S) groups is 1. The summed E-state index contributed by atoms with van der Waals surface area (Å²) in [6.07, 6.45) is -1.16. The molecule has 3 N–H and O–H groups in total. The number of amides is 1. The van der Waals surface area contributed by atoms with Crippen LogP contribution in [0.15, 0.2) is 54.6 Å². The average Bonchev–Trinajstić information content (AvgIpc) is 2.61. The minimum absolute atomic E-state index is 0.000171. The van der Waals surface area contributed by atoms with Crippen molar-refractivity contribution < 1.29 is 9.72 Å². The zero-order valence-electron chi connectivity index (χ0n) is 13.5. The lowest BCUT2D eigenvalue weighted by Crippen LogP contribution is -2.56. The van der Waals surface area contributed by atoms with Gasteiger partial charge in [-0.15, -0.1) is 0 Å². The van der Waals surface area contributed by atoms with Crippen LogP contribution in [-0.2, 0) is 0 Å². The van der Waals surface area contributed by atoms with Crippen LogP contribution in [0.1, 0.15) is 10.4 Å². The third-order valence-electron chi connectivity index (χ3n) is 3.23. The van der Waals surface area contributed by atoms with Gasteiger partial charge in [0, 0.05) is 23.4 Å². The number of nitrogens with zero attached hydrogens (tertiary/aromatic N) is 1. The number of nitro benzene ring substituents is 1. The molecule has 1 amide bonds. The van der Waals surface area contributed by atoms with E-state index in [0.29, 0.717) is 11.3 Å². The van der Waals surface area contributed by atoms with Gasteiger partial charge in [-0.05, 0) is 30.4 Å². The molecule has 1 atom stereocenters. The van der Waals surface area contributed by atoms with Crippen molar-refractivity contribution in [1.29, 1.82) is 0 Å². The summed E-state index contributed by atoms with van der Waals surface area (Å²) in [6, 6.07) is 14.1. The van der Waals surface area contributed by atoms with Crippen molar-refractivity contribution in [2.45, 2.75) is 9.96 Å². The van der Waals surface area contributed by atoms with E-state index < -0.39 is 20.8 Å². The van der Waals surface area contributed by atoms with Crippen molar-refractivity contribution in [2.24, 2.45) is 0 Å². The molecule has 0 heterocycles. The number of nitrogens with one attached hydrogen (secondary N) is 3. The monoisotopic (exact) mass is 446 g/mol. The van der Waals surface area contributed by atoms with Crippen LogP contribution in [0.3, 0.4) is 0 Å². The highest BCUT2D eigenvalue weighted by atomic mass is 35.6. The van der Waals surface area contributed by atoms with E-state index in [9.17, 15) is 14.9 Å². The lowest BCUT2D eigenvalue weighted by Gasteiger charge is -2.27. The average molecular weight is 448 g/mol. The highest BCUT2D eigenvalue weighted by Gasteiger charge is 2.34. The van der Waals surface area contributed by atoms with Gasteiger partial charge in [-0.1, -0.05) is 59.1 Å². The molecule has 2 rings (SSSR count). The van der Waals surface area contributed by atoms with Gasteiger partial charge in [0.05, 0.1) is 4.92 Å². The SMILES string of the molecule is O=C(N[C@@H](NC(=S)Nc1cccc([N+](=O)[O-])c1)C(Cl)(Cl)Cl)c1ccccc1. The molecule has 2 aromatic rings. The molecule has 0 spiro atoms. The van der Waals surface area contributed by atoms with Crippen molar-refractivity contribution in [3.63, 3.8) is 0 Å². The number of hydrogen-bond donors (Lipinski definition) is 3. The smallest absolute Gasteiger partial charge is 0.271 e. The van der Waals surface area contributed by atoms with Crippen LogP contribution < -0.4 is 16.0 Å². The van der Waals surface area contributed by atoms with Crippen molar-refractivity contribution in [3.05, 3.63) is 70.3 Å². The number of nitro groups is 1. The Morgan fingerprint density at radius 1 is 1.07 bits per heavy atom. The second-order valence-electron chi connectivity index (χ2n) is 5.22. The molecule has 27 heavy (non-hydrogen) atoms. The van der Waals surface area contributed by atoms with Crippen LogP contribution in [-0.4, -0.2) is 25.9 Å². The van der Waals surface area contributed by atoms with Gasteiger partial charge in [0.15, 0.2) is 5.11 Å². The Bertz CT molecular complexity index is 846. The number of rotatable bonds is 5. The van der Waals surface area contributed by atoms with E-state index >= 15 is 0 Å². The number of benzene rings is 2. The Hall–Kier alpha value is -2.13. The minimum atomic E-state index is -1.92. The summed E-state index contributed by atoms with van der Waals surface area (Å²) in [5, 5.41) is 18.8. The predicted octanol–water partition coefficient (Wildman–Crippen LogP) is 4.01. The Kier molecular flexibility index (Phi) is 7.20. The maximum atomic E-state index is 12.3. The molecule has 0 saturated carbocycles. The molecule has 0 aliphatic heterocycles. The lowest BCUT2D eigenvalue weighted by atomic mass is 10.2. The van der Waals surface area contributed by atoms with Crippen LogP contribution in [0.2, 0.25) is 0 Å². The fraction of sp³-hybridized carbons (Fsp3) is 0.125. The molecule has 7 nitrogen and oxygen atoms in total. The number of halogens is 3. The van der Waals surface area contributed by atoms with Gasteiger partial charge in [-0.3, -0.25) is 14.9 Å². The highest BCUT2D eigenvalue weighted by Crippen LogP contribution is 2.29. The van der Waals surface area contributed by atoms with Gasteiger partial charge in [0.2, 0.25) is 3.79 Å². The van der Waals surface area contributed by atoms with Crippen molar-refractivity contribution in [2.75, 3.05) is 5.32 Å². The number of carbonyl (C=O) groups excluding carboxylic acids is 1. The molecule has 0 unspecified atom stereocenters. The van der Waals surface area contributed by atoms with E-state index in [0.717, 1.165) is 0 Å². The van der Waals surface area contributed by atoms with Crippen molar-refractivity contribution in [3.8, 4) is 0 Å². The largest absolute Gasteiger partial charge is 0.339 e. The molecule has 0 aromatic heterocycles. The van der Waals surface area contributed by atoms with E-state index in [1.54, 1.807) is 36.4 Å². The van der Waals surface area contributed by atoms with Crippen LogP contribution in [0.4, 0.5) is 11.4 Å². The molecule has 0 fully saturated rings. The van der Waals surface area contributed by atoms with E-state index in [1.807, 2.05) is 0 Å². The summed E-state index contributed by atoms with van der Waals surface area (Å²) in [5.41, 5.74) is 0.619. The van der Waals surface area contributed by atoms with Gasteiger partial charge in [0.25, 0.3) is 11.6 Å². The first-order valence-electron chi connectivity index (χ1n) is 7.41. The van der Waals surface area contributed by atoms with E-state index in [2.05, 4.69) is 16.0 Å². The first kappa shape index (κ1) is 21.2. The number of alkyl halides is 3. The minimum Gasteiger partial charge on any atom is -0.339 e. The molecular formula is C16H13Cl3N4O3S. The maximum absolute atomic E-state index is 12.3. The summed E-state index contributed by atoms with van der Waals surface area (Å²) in [7, 11) is 0. The molecule has 142 valence electrons. The predicted molar refractivity (Wildman–Crippen MR) is 110 cm³/mol. The molecule has 0 aliphatic rings. The Morgan fingerprint density at radius 3 is 2.33 bits per heavy atom. The van der Waals surface area contributed by atoms with Gasteiger partial charge in [-0.2, -0.15) is 0 Å². The number of carbonyl (C=O) groups is 1. The van der Waals surface area contributed by atoms with E-state index in [1.165, 1.54) is 18.2 Å². The third-order valence-corrected chi connectivity index (χ3v) is 4.10. The van der Waals surface area contributed by atoms with Crippen LogP contribution in [0.5, 0.6) is 0 Å². The second-order valence-corrected chi connectivity index (χ2v) is 8.00. The number of anilines is 1. The Labute approximate surface area is 175 Å². The molecule has 0 aliphatic carbocycles. The van der Waals surface area contributed by atoms with Crippen LogP contribution in [0.25, 0.3) is 0 Å². The second kappa shape index (κ2) is 9.18. The zero-order chi connectivity index (χ0) is 20.0. The summed E-state index contributed by atoms with van der Waals surface area (Å²) in [4.78, 5) is 22.6. The molecule has 2 aromatic carbocycles. The number of non-ortho nitro benzene ring substituents is 1. The molecule has 0 bridgehead atoms.